The molecule has 1 aliphatic carbocycles. The number of hydrogen-bond donors (Lipinski definition) is 2. The molecule has 1 saturated heterocycles. The van der Waals surface area contributed by atoms with Crippen LogP contribution in [0.2, 0.25) is 0 Å². The summed E-state index contributed by atoms with van der Waals surface area (Å²) in [7, 11) is 0. The van der Waals surface area contributed by atoms with Crippen molar-refractivity contribution in [3.63, 3.8) is 0 Å². The Labute approximate surface area is 91.2 Å². The smallest absolute Gasteiger partial charge is 0.303 e. The molecule has 86 valence electrons. The molecule has 1 heterocycles. The fraction of sp³-hybridized carbons (Fsp3) is 0.917. The maximum Gasteiger partial charge on any atom is 0.303 e. The second kappa shape index (κ2) is 4.97. The third kappa shape index (κ3) is 2.71. The van der Waals surface area contributed by atoms with Gasteiger partial charge in [-0.15, -0.1) is 0 Å². The van der Waals surface area contributed by atoms with Crippen molar-refractivity contribution >= 4 is 5.97 Å². The monoisotopic (exact) mass is 211 g/mol. The minimum Gasteiger partial charge on any atom is -0.481 e. The van der Waals surface area contributed by atoms with Crippen molar-refractivity contribution in [3.8, 4) is 0 Å². The van der Waals surface area contributed by atoms with E-state index in [0.29, 0.717) is 12.3 Å². The van der Waals surface area contributed by atoms with E-state index in [9.17, 15) is 4.79 Å². The summed E-state index contributed by atoms with van der Waals surface area (Å²) < 4.78 is 0. The van der Waals surface area contributed by atoms with Crippen molar-refractivity contribution < 1.29 is 9.90 Å². The van der Waals surface area contributed by atoms with Crippen LogP contribution in [-0.2, 0) is 4.79 Å². The number of rotatable bonds is 5. The Morgan fingerprint density at radius 1 is 1.33 bits per heavy atom. The number of hydrogen-bond acceptors (Lipinski definition) is 2. The van der Waals surface area contributed by atoms with E-state index in [-0.39, 0.29) is 0 Å². The molecule has 2 N–H and O–H groups in total. The second-order valence-corrected chi connectivity index (χ2v) is 5.04. The topological polar surface area (TPSA) is 49.3 Å². The van der Waals surface area contributed by atoms with Gasteiger partial charge in [0.05, 0.1) is 0 Å². The Hall–Kier alpha value is -0.570. The van der Waals surface area contributed by atoms with E-state index >= 15 is 0 Å². The lowest BCUT2D eigenvalue weighted by Crippen LogP contribution is -2.30. The van der Waals surface area contributed by atoms with E-state index < -0.39 is 5.97 Å². The third-order valence-corrected chi connectivity index (χ3v) is 4.15. The van der Waals surface area contributed by atoms with Gasteiger partial charge in [-0.05, 0) is 43.7 Å². The summed E-state index contributed by atoms with van der Waals surface area (Å²) in [6, 6.07) is 0. The molecule has 2 fully saturated rings. The van der Waals surface area contributed by atoms with Crippen LogP contribution in [0.3, 0.4) is 0 Å². The quantitative estimate of drug-likeness (QED) is 0.730. The molecule has 0 bridgehead atoms. The molecule has 2 aliphatic rings. The lowest BCUT2D eigenvalue weighted by Gasteiger charge is -2.37. The Balaban J connectivity index is 1.86. The van der Waals surface area contributed by atoms with Crippen LogP contribution >= 0.6 is 0 Å². The van der Waals surface area contributed by atoms with Gasteiger partial charge in [0.2, 0.25) is 0 Å². The summed E-state index contributed by atoms with van der Waals surface area (Å²) >= 11 is 0. The van der Waals surface area contributed by atoms with Gasteiger partial charge in [0.1, 0.15) is 0 Å². The fourth-order valence-corrected chi connectivity index (χ4v) is 3.06. The van der Waals surface area contributed by atoms with Gasteiger partial charge in [-0.25, -0.2) is 0 Å². The summed E-state index contributed by atoms with van der Waals surface area (Å²) in [5.74, 6) is 1.61. The van der Waals surface area contributed by atoms with E-state index in [1.807, 2.05) is 0 Å². The summed E-state index contributed by atoms with van der Waals surface area (Å²) in [5, 5.41) is 12.2. The third-order valence-electron chi connectivity index (χ3n) is 4.15. The van der Waals surface area contributed by atoms with Crippen LogP contribution in [0.1, 0.15) is 38.5 Å². The molecule has 1 saturated carbocycles. The van der Waals surface area contributed by atoms with Gasteiger partial charge in [0, 0.05) is 6.42 Å². The first kappa shape index (κ1) is 10.9. The number of nitrogens with one attached hydrogen (secondary N) is 1. The Kier molecular flexibility index (Phi) is 3.62. The minimum atomic E-state index is -0.634. The lowest BCUT2D eigenvalue weighted by molar-refractivity contribution is -0.137. The van der Waals surface area contributed by atoms with E-state index in [0.717, 1.165) is 31.3 Å². The molecule has 2 atom stereocenters. The predicted molar refractivity (Wildman–Crippen MR) is 58.7 cm³/mol. The fourth-order valence-electron chi connectivity index (χ4n) is 3.06. The predicted octanol–water partition coefficient (Wildman–Crippen LogP) is 1.88. The second-order valence-electron chi connectivity index (χ2n) is 5.04. The average Bonchev–Trinajstić information content (AvgIpc) is 2.60. The molecule has 0 aromatic rings. The highest BCUT2D eigenvalue weighted by Gasteiger charge is 2.34. The van der Waals surface area contributed by atoms with Crippen molar-refractivity contribution in [2.75, 3.05) is 13.1 Å². The molecule has 1 aliphatic heterocycles. The zero-order chi connectivity index (χ0) is 10.7. The molecular weight excluding hydrogens is 190 g/mol. The van der Waals surface area contributed by atoms with Crippen LogP contribution in [0.4, 0.5) is 0 Å². The molecule has 0 amide bonds. The largest absolute Gasteiger partial charge is 0.481 e. The molecule has 2 rings (SSSR count). The highest BCUT2D eigenvalue weighted by Crippen LogP contribution is 2.41. The SMILES string of the molecule is O=C(O)CCC(C1CCC1)C1CCNC1. The van der Waals surface area contributed by atoms with Crippen LogP contribution in [0.25, 0.3) is 0 Å². The maximum atomic E-state index is 10.6. The first-order valence-electron chi connectivity index (χ1n) is 6.20. The number of carbonyl (C=O) groups is 1. The Morgan fingerprint density at radius 2 is 2.13 bits per heavy atom. The van der Waals surface area contributed by atoms with Gasteiger partial charge in [-0.1, -0.05) is 19.3 Å². The number of carboxylic acid groups (broad SMARTS) is 1. The van der Waals surface area contributed by atoms with Gasteiger partial charge in [0.25, 0.3) is 0 Å². The normalized spacial score (nSPS) is 28.7. The lowest BCUT2D eigenvalue weighted by atomic mass is 9.68. The Bertz CT molecular complexity index is 220. The van der Waals surface area contributed by atoms with Gasteiger partial charge < -0.3 is 10.4 Å². The first-order chi connectivity index (χ1) is 7.27. The molecule has 3 nitrogen and oxygen atoms in total. The summed E-state index contributed by atoms with van der Waals surface area (Å²) in [6.07, 6.45) is 6.53. The highest BCUT2D eigenvalue weighted by atomic mass is 16.4. The summed E-state index contributed by atoms with van der Waals surface area (Å²) in [4.78, 5) is 10.6. The van der Waals surface area contributed by atoms with Crippen molar-refractivity contribution in [2.45, 2.75) is 38.5 Å². The van der Waals surface area contributed by atoms with E-state index in [4.69, 9.17) is 5.11 Å². The van der Waals surface area contributed by atoms with Crippen molar-refractivity contribution in [3.05, 3.63) is 0 Å². The summed E-state index contributed by atoms with van der Waals surface area (Å²) in [6.45, 7) is 2.24. The number of carboxylic acids is 1. The van der Waals surface area contributed by atoms with Gasteiger partial charge in [-0.3, -0.25) is 4.79 Å². The molecule has 0 spiro atoms. The average molecular weight is 211 g/mol. The molecule has 3 heteroatoms. The van der Waals surface area contributed by atoms with E-state index in [1.54, 1.807) is 0 Å². The standard InChI is InChI=1S/C12H21NO2/c14-12(15)5-4-11(9-2-1-3-9)10-6-7-13-8-10/h9-11,13H,1-8H2,(H,14,15). The number of aliphatic carboxylic acids is 1. The van der Waals surface area contributed by atoms with Crippen LogP contribution in [0.15, 0.2) is 0 Å². The first-order valence-corrected chi connectivity index (χ1v) is 6.20. The molecule has 0 radical (unpaired) electrons. The Morgan fingerprint density at radius 3 is 2.60 bits per heavy atom. The molecule has 0 aromatic heterocycles. The van der Waals surface area contributed by atoms with Gasteiger partial charge in [0.15, 0.2) is 0 Å². The molecular formula is C12H21NO2. The molecule has 15 heavy (non-hydrogen) atoms. The van der Waals surface area contributed by atoms with Crippen molar-refractivity contribution in [2.24, 2.45) is 17.8 Å². The van der Waals surface area contributed by atoms with E-state index in [2.05, 4.69) is 5.32 Å². The van der Waals surface area contributed by atoms with Gasteiger partial charge >= 0.3 is 5.97 Å². The van der Waals surface area contributed by atoms with Gasteiger partial charge in [-0.2, -0.15) is 0 Å². The zero-order valence-electron chi connectivity index (χ0n) is 9.24. The minimum absolute atomic E-state index is 0.359. The molecule has 2 unspecified atom stereocenters. The molecule has 0 aromatic carbocycles. The summed E-state index contributed by atoms with van der Waals surface area (Å²) in [5.41, 5.74) is 0. The van der Waals surface area contributed by atoms with Crippen LogP contribution in [0.5, 0.6) is 0 Å². The van der Waals surface area contributed by atoms with Crippen LogP contribution in [-0.4, -0.2) is 24.2 Å². The van der Waals surface area contributed by atoms with Crippen molar-refractivity contribution in [1.82, 2.24) is 5.32 Å². The van der Waals surface area contributed by atoms with Crippen molar-refractivity contribution in [1.29, 1.82) is 0 Å². The van der Waals surface area contributed by atoms with E-state index in [1.165, 1.54) is 25.7 Å². The zero-order valence-corrected chi connectivity index (χ0v) is 9.24. The highest BCUT2D eigenvalue weighted by molar-refractivity contribution is 5.66. The van der Waals surface area contributed by atoms with Crippen LogP contribution in [0, 0.1) is 17.8 Å². The van der Waals surface area contributed by atoms with Crippen LogP contribution < -0.4 is 5.32 Å². The maximum absolute atomic E-state index is 10.6.